The molecule has 1 amide bonds. The lowest BCUT2D eigenvalue weighted by Gasteiger charge is -2.43. The molecule has 1 aromatic rings. The second-order valence-corrected chi connectivity index (χ2v) is 11.1. The molecular weight excluding hydrogens is 462 g/mol. The highest BCUT2D eigenvalue weighted by atomic mass is 16.1. The van der Waals surface area contributed by atoms with Crippen molar-refractivity contribution in [3.63, 3.8) is 0 Å². The Bertz CT molecular complexity index is 1060. The van der Waals surface area contributed by atoms with Crippen LogP contribution in [0.1, 0.15) is 50.4 Å². The summed E-state index contributed by atoms with van der Waals surface area (Å²) in [6.07, 6.45) is 12.7. The number of piperazine rings is 1. The zero-order valence-electron chi connectivity index (χ0n) is 22.9. The predicted octanol–water partition coefficient (Wildman–Crippen LogP) is 2.66. The third-order valence-electron chi connectivity index (χ3n) is 8.60. The molecule has 1 N–H and O–H groups in total. The Kier molecular flexibility index (Phi) is 7.95. The summed E-state index contributed by atoms with van der Waals surface area (Å²) in [5.74, 6) is 2.37. The van der Waals surface area contributed by atoms with Crippen LogP contribution in [-0.4, -0.2) is 102 Å². The van der Waals surface area contributed by atoms with Crippen LogP contribution in [0.2, 0.25) is 0 Å². The highest BCUT2D eigenvalue weighted by Crippen LogP contribution is 2.34. The second-order valence-electron chi connectivity index (χ2n) is 11.1. The molecule has 4 atom stereocenters. The van der Waals surface area contributed by atoms with Crippen LogP contribution in [0.4, 0.5) is 0 Å². The van der Waals surface area contributed by atoms with E-state index in [0.29, 0.717) is 12.6 Å². The third kappa shape index (κ3) is 5.46. The van der Waals surface area contributed by atoms with Crippen LogP contribution >= 0.6 is 0 Å². The number of nitrogens with zero attached hydrogens (tertiary/aromatic N) is 6. The van der Waals surface area contributed by atoms with Gasteiger partial charge in [-0.3, -0.25) is 19.7 Å². The highest BCUT2D eigenvalue weighted by molar-refractivity contribution is 5.97. The average molecular weight is 506 g/mol. The van der Waals surface area contributed by atoms with Gasteiger partial charge in [0, 0.05) is 51.4 Å². The Morgan fingerprint density at radius 3 is 2.86 bits per heavy atom. The molecule has 1 aliphatic carbocycles. The first-order valence-electron chi connectivity index (χ1n) is 14.1. The van der Waals surface area contributed by atoms with Crippen molar-refractivity contribution in [3.05, 3.63) is 53.6 Å². The van der Waals surface area contributed by atoms with Gasteiger partial charge in [0.05, 0.1) is 23.8 Å². The summed E-state index contributed by atoms with van der Waals surface area (Å²) < 4.78 is 0. The number of carbonyl (C=O) groups is 1. The number of carbonyl (C=O) groups excluding carboxylic acids is 1. The molecule has 0 saturated carbocycles. The molecular formula is C29H43N7O. The summed E-state index contributed by atoms with van der Waals surface area (Å²) in [5.41, 5.74) is 2.60. The molecule has 4 heterocycles. The molecule has 3 unspecified atom stereocenters. The van der Waals surface area contributed by atoms with E-state index in [2.05, 4.69) is 76.3 Å². The fraction of sp³-hybridized carbons (Fsp3) is 0.621. The van der Waals surface area contributed by atoms with Crippen LogP contribution in [0, 0.1) is 5.92 Å². The van der Waals surface area contributed by atoms with Crippen molar-refractivity contribution in [2.24, 2.45) is 10.9 Å². The number of aryl methyl sites for hydroxylation is 1. The van der Waals surface area contributed by atoms with Gasteiger partial charge < -0.3 is 20.0 Å². The zero-order valence-corrected chi connectivity index (χ0v) is 22.9. The zero-order chi connectivity index (χ0) is 25.9. The minimum atomic E-state index is 0.0154. The van der Waals surface area contributed by atoms with Crippen LogP contribution in [-0.2, 0) is 11.2 Å². The molecule has 5 rings (SSSR count). The van der Waals surface area contributed by atoms with Crippen molar-refractivity contribution in [2.75, 3.05) is 53.4 Å². The van der Waals surface area contributed by atoms with Crippen LogP contribution < -0.4 is 5.32 Å². The summed E-state index contributed by atoms with van der Waals surface area (Å²) in [4.78, 5) is 32.5. The predicted molar refractivity (Wildman–Crippen MR) is 148 cm³/mol. The monoisotopic (exact) mass is 505 g/mol. The number of amidine groups is 1. The van der Waals surface area contributed by atoms with Crippen molar-refractivity contribution < 1.29 is 4.79 Å². The van der Waals surface area contributed by atoms with E-state index in [0.717, 1.165) is 57.8 Å². The molecule has 8 heteroatoms. The van der Waals surface area contributed by atoms with Gasteiger partial charge in [0.15, 0.2) is 0 Å². The van der Waals surface area contributed by atoms with Gasteiger partial charge in [0.25, 0.3) is 0 Å². The normalized spacial score (nSPS) is 26.5. The third-order valence-corrected chi connectivity index (χ3v) is 8.60. The Balaban J connectivity index is 1.37. The molecule has 0 aromatic carbocycles. The molecule has 1 fully saturated rings. The lowest BCUT2D eigenvalue weighted by atomic mass is 9.90. The summed E-state index contributed by atoms with van der Waals surface area (Å²) in [6, 6.07) is 4.72. The van der Waals surface area contributed by atoms with Gasteiger partial charge in [-0.15, -0.1) is 0 Å². The van der Waals surface area contributed by atoms with Crippen LogP contribution in [0.3, 0.4) is 0 Å². The van der Waals surface area contributed by atoms with Crippen molar-refractivity contribution >= 4 is 11.7 Å². The molecule has 37 heavy (non-hydrogen) atoms. The quantitative estimate of drug-likeness (QED) is 0.586. The number of aromatic nitrogens is 1. The molecule has 4 aliphatic rings. The summed E-state index contributed by atoms with van der Waals surface area (Å²) in [6.45, 7) is 9.60. The van der Waals surface area contributed by atoms with E-state index in [-0.39, 0.29) is 23.9 Å². The minimum absolute atomic E-state index is 0.0154. The topological polar surface area (TPSA) is 67.3 Å². The first kappa shape index (κ1) is 25.9. The van der Waals surface area contributed by atoms with Gasteiger partial charge >= 0.3 is 0 Å². The van der Waals surface area contributed by atoms with E-state index in [1.54, 1.807) is 0 Å². The molecule has 0 radical (unpaired) electrons. The van der Waals surface area contributed by atoms with Crippen molar-refractivity contribution in [2.45, 2.75) is 57.7 Å². The van der Waals surface area contributed by atoms with Gasteiger partial charge in [0.1, 0.15) is 11.7 Å². The number of allylic oxidation sites excluding steroid dienone is 2. The Morgan fingerprint density at radius 1 is 1.27 bits per heavy atom. The molecule has 1 saturated heterocycles. The largest absolute Gasteiger partial charge is 0.355 e. The summed E-state index contributed by atoms with van der Waals surface area (Å²) in [7, 11) is 4.40. The number of rotatable bonds is 8. The number of likely N-dealkylation sites (N-methyl/N-ethyl adjacent to an activating group) is 2. The number of hydrogen-bond donors (Lipinski definition) is 1. The highest BCUT2D eigenvalue weighted by Gasteiger charge is 2.41. The maximum absolute atomic E-state index is 12.8. The number of hydrogen-bond acceptors (Lipinski definition) is 7. The number of pyridine rings is 1. The van der Waals surface area contributed by atoms with Gasteiger partial charge in [-0.05, 0) is 63.6 Å². The number of aliphatic imine (C=N–C) groups is 1. The van der Waals surface area contributed by atoms with E-state index in [9.17, 15) is 4.79 Å². The minimum Gasteiger partial charge on any atom is -0.355 e. The van der Waals surface area contributed by atoms with Crippen LogP contribution in [0.5, 0.6) is 0 Å². The average Bonchev–Trinajstić information content (AvgIpc) is 3.28. The molecule has 3 aliphatic heterocycles. The fourth-order valence-corrected chi connectivity index (χ4v) is 6.06. The van der Waals surface area contributed by atoms with E-state index in [4.69, 9.17) is 9.98 Å². The maximum Gasteiger partial charge on any atom is 0.222 e. The first-order chi connectivity index (χ1) is 18.0. The van der Waals surface area contributed by atoms with E-state index >= 15 is 0 Å². The molecule has 1 aromatic heterocycles. The van der Waals surface area contributed by atoms with Crippen molar-refractivity contribution in [1.82, 2.24) is 29.9 Å². The molecule has 0 bridgehead atoms. The van der Waals surface area contributed by atoms with Crippen molar-refractivity contribution in [1.29, 1.82) is 0 Å². The van der Waals surface area contributed by atoms with E-state index in [1.165, 1.54) is 23.5 Å². The van der Waals surface area contributed by atoms with Gasteiger partial charge in [-0.1, -0.05) is 26.0 Å². The number of amides is 1. The van der Waals surface area contributed by atoms with Crippen LogP contribution in [0.25, 0.3) is 0 Å². The second kappa shape index (κ2) is 11.4. The maximum atomic E-state index is 12.8. The van der Waals surface area contributed by atoms with Gasteiger partial charge in [-0.2, -0.15) is 0 Å². The van der Waals surface area contributed by atoms with Crippen molar-refractivity contribution in [3.8, 4) is 0 Å². The van der Waals surface area contributed by atoms with E-state index < -0.39 is 0 Å². The number of nitrogens with one attached hydrogen (secondary N) is 1. The smallest absolute Gasteiger partial charge is 0.222 e. The van der Waals surface area contributed by atoms with E-state index in [1.807, 2.05) is 13.1 Å². The summed E-state index contributed by atoms with van der Waals surface area (Å²) >= 11 is 0. The standard InChI is InChI=1S/C29H43N7O/c1-5-21(2)29(37)31-19-25-23(20-34(4)24-11-6-9-22-10-8-14-30-28(22)24)32-26-12-7-13-27(36(25)26)35-17-15-33(3)16-18-35/h7-8,10,12-14,21,23-25H,5-6,9,11,15-20H2,1-4H3,(H,31,37)/t21?,23?,24-,25?/m0/s1. The van der Waals surface area contributed by atoms with Gasteiger partial charge in [-0.25, -0.2) is 0 Å². The molecule has 8 nitrogen and oxygen atoms in total. The Hall–Kier alpha value is -2.71. The lowest BCUT2D eigenvalue weighted by Crippen LogP contribution is -2.54. The summed E-state index contributed by atoms with van der Waals surface area (Å²) in [5, 5.41) is 3.27. The fourth-order valence-electron chi connectivity index (χ4n) is 6.06. The Labute approximate surface area is 222 Å². The SMILES string of the molecule is CCC(C)C(=O)NCC1C(CN(C)[C@H]2CCCc3cccnc32)N=C2C=CC=C(N3CCN(C)CC3)N21. The Morgan fingerprint density at radius 2 is 2.08 bits per heavy atom. The lowest BCUT2D eigenvalue weighted by molar-refractivity contribution is -0.124. The van der Waals surface area contributed by atoms with Gasteiger partial charge in [0.2, 0.25) is 5.91 Å². The molecule has 200 valence electrons. The molecule has 0 spiro atoms. The van der Waals surface area contributed by atoms with Crippen LogP contribution in [0.15, 0.2) is 47.4 Å². The first-order valence-corrected chi connectivity index (χ1v) is 14.1. The number of fused-ring (bicyclic) bond motifs is 2.